The van der Waals surface area contributed by atoms with E-state index >= 15 is 0 Å². The van der Waals surface area contributed by atoms with E-state index < -0.39 is 11.6 Å². The van der Waals surface area contributed by atoms with Gasteiger partial charge in [0, 0.05) is 11.6 Å². The molecule has 2 aromatic rings. The molecule has 2 aliphatic carbocycles. The fraction of sp³-hybridized carbons (Fsp3) is 0.0400. The first-order chi connectivity index (χ1) is 15.5. The minimum absolute atomic E-state index is 0.0508. The van der Waals surface area contributed by atoms with E-state index in [1.807, 2.05) is 30.3 Å². The van der Waals surface area contributed by atoms with Gasteiger partial charge in [0.25, 0.3) is 0 Å². The second-order valence-corrected chi connectivity index (χ2v) is 8.43. The van der Waals surface area contributed by atoms with Gasteiger partial charge >= 0.3 is 11.6 Å². The van der Waals surface area contributed by atoms with Crippen LogP contribution in [0.4, 0.5) is 0 Å². The van der Waals surface area contributed by atoms with Crippen LogP contribution in [0, 0.1) is 0 Å². The highest BCUT2D eigenvalue weighted by atomic mass is 33.1. The van der Waals surface area contributed by atoms with Crippen LogP contribution in [0.2, 0.25) is 0 Å². The lowest BCUT2D eigenvalue weighted by atomic mass is 9.97. The molecule has 0 saturated carbocycles. The number of allylic oxidation sites excluding steroid dienone is 1. The standard InChI is InChI=1S/C25H16O5S2/c26-16-8-5-15(6-9-16)24(27)30-21-13-20-19(11-12-22(21)32-31)23(25(28)29-20)18-10-7-14-3-1-2-4-17(14)18/h1-6,8-13,26,31H,7H2. The zero-order chi connectivity index (χ0) is 22.2. The molecular weight excluding hydrogens is 444 g/mol. The minimum atomic E-state index is -0.602. The number of fused-ring (bicyclic) bond motifs is 2. The molecule has 2 aromatic carbocycles. The van der Waals surface area contributed by atoms with Gasteiger partial charge in [-0.1, -0.05) is 41.1 Å². The van der Waals surface area contributed by atoms with Gasteiger partial charge in [0.05, 0.1) is 16.0 Å². The first-order valence-electron chi connectivity index (χ1n) is 9.77. The summed E-state index contributed by atoms with van der Waals surface area (Å²) in [4.78, 5) is 26.0. The molecule has 0 atom stereocenters. The maximum Gasteiger partial charge on any atom is 0.344 e. The number of ether oxygens (including phenoxy) is 1. The van der Waals surface area contributed by atoms with Gasteiger partial charge in [-0.15, -0.1) is 11.7 Å². The number of rotatable bonds is 4. The number of carbonyl (C=O) groups excluding carboxylic acids is 1. The highest BCUT2D eigenvalue weighted by molar-refractivity contribution is 8.68. The Hall–Kier alpha value is -3.42. The molecule has 0 aromatic heterocycles. The van der Waals surface area contributed by atoms with Crippen LogP contribution >= 0.6 is 22.5 Å². The summed E-state index contributed by atoms with van der Waals surface area (Å²) >= 11 is 4.28. The zero-order valence-electron chi connectivity index (χ0n) is 16.6. The quantitative estimate of drug-likeness (QED) is 0.235. The van der Waals surface area contributed by atoms with Crippen LogP contribution in [0.5, 0.6) is 11.5 Å². The number of carbonyl (C=O) groups is 1. The van der Waals surface area contributed by atoms with Crippen molar-refractivity contribution in [1.29, 1.82) is 0 Å². The predicted molar refractivity (Wildman–Crippen MR) is 127 cm³/mol. The number of furan rings is 1. The van der Waals surface area contributed by atoms with E-state index in [2.05, 4.69) is 11.7 Å². The summed E-state index contributed by atoms with van der Waals surface area (Å²) in [6.45, 7) is 0. The van der Waals surface area contributed by atoms with Crippen LogP contribution in [0.15, 0.2) is 86.9 Å². The van der Waals surface area contributed by atoms with Crippen molar-refractivity contribution in [2.45, 2.75) is 11.3 Å². The van der Waals surface area contributed by atoms with Crippen LogP contribution in [-0.2, 0) is 6.42 Å². The zero-order valence-corrected chi connectivity index (χ0v) is 18.3. The van der Waals surface area contributed by atoms with Crippen molar-refractivity contribution in [3.8, 4) is 22.8 Å². The summed E-state index contributed by atoms with van der Waals surface area (Å²) in [5, 5.41) is 9.43. The van der Waals surface area contributed by atoms with Gasteiger partial charge in [0.2, 0.25) is 0 Å². The molecule has 5 nitrogen and oxygen atoms in total. The number of benzene rings is 2. The van der Waals surface area contributed by atoms with E-state index in [1.54, 1.807) is 18.2 Å². The lowest BCUT2D eigenvalue weighted by Gasteiger charge is -2.06. The van der Waals surface area contributed by atoms with Gasteiger partial charge in [0.15, 0.2) is 0 Å². The average molecular weight is 461 g/mol. The van der Waals surface area contributed by atoms with E-state index in [1.165, 1.54) is 24.3 Å². The van der Waals surface area contributed by atoms with Crippen LogP contribution < -0.4 is 10.4 Å². The second kappa shape index (κ2) is 8.26. The van der Waals surface area contributed by atoms with E-state index in [0.29, 0.717) is 21.8 Å². The Kier molecular flexibility index (Phi) is 5.28. The SMILES string of the molecule is O=C(Oc1cc2oc(=O)c(C3=CCc4ccccc43)c-2ccc1SS)c1ccc(O)cc1. The van der Waals surface area contributed by atoms with E-state index in [0.717, 1.165) is 33.9 Å². The van der Waals surface area contributed by atoms with E-state index in [4.69, 9.17) is 9.15 Å². The third kappa shape index (κ3) is 3.59. The smallest absolute Gasteiger partial charge is 0.344 e. The van der Waals surface area contributed by atoms with E-state index in [-0.39, 0.29) is 17.1 Å². The van der Waals surface area contributed by atoms with Gasteiger partial charge in [-0.2, -0.15) is 0 Å². The second-order valence-electron chi connectivity index (χ2n) is 7.26. The summed E-state index contributed by atoms with van der Waals surface area (Å²) in [6.07, 6.45) is 2.78. The Balaban J connectivity index is 1.57. The Morgan fingerprint density at radius 3 is 2.59 bits per heavy atom. The van der Waals surface area contributed by atoms with Gasteiger partial charge in [-0.3, -0.25) is 0 Å². The normalized spacial score (nSPS) is 12.5. The number of aromatic hydroxyl groups is 1. The van der Waals surface area contributed by atoms with Crippen molar-refractivity contribution in [2.24, 2.45) is 0 Å². The van der Waals surface area contributed by atoms with Crippen LogP contribution in [-0.4, -0.2) is 11.1 Å². The van der Waals surface area contributed by atoms with Crippen LogP contribution in [0.1, 0.15) is 27.0 Å². The minimum Gasteiger partial charge on any atom is -0.508 e. The molecule has 0 amide bonds. The number of phenolic OH excluding ortho intramolecular Hbond substituents is 1. The molecule has 0 spiro atoms. The van der Waals surface area contributed by atoms with Crippen molar-refractivity contribution >= 4 is 34.0 Å². The first-order valence-corrected chi connectivity index (χ1v) is 11.6. The van der Waals surface area contributed by atoms with Crippen molar-refractivity contribution in [2.75, 3.05) is 0 Å². The highest BCUT2D eigenvalue weighted by Crippen LogP contribution is 2.41. The molecule has 158 valence electrons. The van der Waals surface area contributed by atoms with Gasteiger partial charge in [-0.05, 0) is 59.5 Å². The largest absolute Gasteiger partial charge is 0.508 e. The average Bonchev–Trinajstić information content (AvgIpc) is 3.29. The monoisotopic (exact) mass is 460 g/mol. The molecule has 1 aliphatic heterocycles. The summed E-state index contributed by atoms with van der Waals surface area (Å²) in [7, 11) is 1.12. The Bertz CT molecular complexity index is 1400. The first kappa shape index (κ1) is 20.5. The van der Waals surface area contributed by atoms with E-state index in [9.17, 15) is 14.7 Å². The molecule has 0 bridgehead atoms. The van der Waals surface area contributed by atoms with Gasteiger partial charge in [-0.25, -0.2) is 9.59 Å². The molecule has 1 N–H and O–H groups in total. The molecule has 1 heterocycles. The maximum absolute atomic E-state index is 12.8. The third-order valence-electron chi connectivity index (χ3n) is 5.35. The number of phenols is 1. The molecule has 0 fully saturated rings. The molecule has 7 heteroatoms. The molecule has 3 aliphatic rings. The fourth-order valence-corrected chi connectivity index (χ4v) is 4.60. The van der Waals surface area contributed by atoms with Gasteiger partial charge < -0.3 is 14.3 Å². The maximum atomic E-state index is 12.8. The summed E-state index contributed by atoms with van der Waals surface area (Å²) in [5.41, 5.74) is 3.98. The number of hydrogen-bond acceptors (Lipinski definition) is 7. The van der Waals surface area contributed by atoms with Crippen molar-refractivity contribution in [1.82, 2.24) is 0 Å². The fourth-order valence-electron chi connectivity index (χ4n) is 3.83. The van der Waals surface area contributed by atoms with Crippen LogP contribution in [0.3, 0.4) is 0 Å². The topological polar surface area (TPSA) is 76.7 Å². The van der Waals surface area contributed by atoms with Crippen molar-refractivity contribution in [3.05, 3.63) is 105 Å². The molecule has 5 rings (SSSR count). The summed E-state index contributed by atoms with van der Waals surface area (Å²) < 4.78 is 11.2. The Labute approximate surface area is 192 Å². The highest BCUT2D eigenvalue weighted by Gasteiger charge is 2.26. The molecule has 0 unspecified atom stereocenters. The molecule has 0 radical (unpaired) electrons. The lowest BCUT2D eigenvalue weighted by molar-refractivity contribution is 0.0730. The van der Waals surface area contributed by atoms with Gasteiger partial charge in [0.1, 0.15) is 17.3 Å². The summed E-state index contributed by atoms with van der Waals surface area (Å²) in [6, 6.07) is 18.8. The Morgan fingerprint density at radius 1 is 1.03 bits per heavy atom. The Morgan fingerprint density at radius 2 is 1.81 bits per heavy atom. The number of esters is 1. The molecular formula is C25H16O5S2. The summed E-state index contributed by atoms with van der Waals surface area (Å²) in [5.74, 6) is -0.0130. The predicted octanol–water partition coefficient (Wildman–Crippen LogP) is 5.59. The lowest BCUT2D eigenvalue weighted by Crippen LogP contribution is -2.08. The van der Waals surface area contributed by atoms with Crippen molar-refractivity contribution in [3.63, 3.8) is 0 Å². The van der Waals surface area contributed by atoms with Crippen molar-refractivity contribution < 1.29 is 19.1 Å². The number of thiol groups is 1. The number of hydrogen-bond donors (Lipinski definition) is 2. The van der Waals surface area contributed by atoms with Crippen LogP contribution in [0.25, 0.3) is 16.9 Å². The third-order valence-corrected chi connectivity index (χ3v) is 6.48. The molecule has 32 heavy (non-hydrogen) atoms. The molecule has 0 saturated heterocycles.